The van der Waals surface area contributed by atoms with Crippen LogP contribution in [0.15, 0.2) is 10.6 Å². The first-order valence-corrected chi connectivity index (χ1v) is 2.36. The molecule has 55 valence electrons. The second-order valence-corrected chi connectivity index (χ2v) is 1.68. The molecule has 1 aromatic rings. The van der Waals surface area contributed by atoms with Gasteiger partial charge in [-0.15, -0.1) is 0 Å². The predicted octanol–water partition coefficient (Wildman–Crippen LogP) is 1.88. The summed E-state index contributed by atoms with van der Waals surface area (Å²) in [6.45, 7) is 3.13. The van der Waals surface area contributed by atoms with E-state index >= 15 is 0 Å². The van der Waals surface area contributed by atoms with Crippen molar-refractivity contribution in [2.45, 2.75) is 6.18 Å². The van der Waals surface area contributed by atoms with Crippen molar-refractivity contribution < 1.29 is 17.7 Å². The fourth-order valence-electron chi connectivity index (χ4n) is 0.447. The Hall–Kier alpha value is -1.00. The normalized spacial score (nSPS) is 12.0. The first-order chi connectivity index (χ1) is 4.50. The van der Waals surface area contributed by atoms with Gasteiger partial charge in [-0.25, -0.2) is 0 Å². The second-order valence-electron chi connectivity index (χ2n) is 1.68. The maximum absolute atomic E-state index is 11.7. The van der Waals surface area contributed by atoms with Gasteiger partial charge in [-0.2, -0.15) is 13.2 Å². The zero-order chi connectivity index (χ0) is 7.78. The summed E-state index contributed by atoms with van der Waals surface area (Å²) in [4.78, 5) is 0. The van der Waals surface area contributed by atoms with Crippen LogP contribution in [0.3, 0.4) is 0 Å². The lowest BCUT2D eigenvalue weighted by Crippen LogP contribution is -2.04. The van der Waals surface area contributed by atoms with Crippen molar-refractivity contribution in [3.63, 3.8) is 0 Å². The first-order valence-electron chi connectivity index (χ1n) is 2.36. The Bertz CT molecular complexity index is 227. The average Bonchev–Trinajstić information content (AvgIpc) is 2.11. The van der Waals surface area contributed by atoms with Gasteiger partial charge in [0.05, 0.1) is 0 Å². The van der Waals surface area contributed by atoms with Crippen LogP contribution >= 0.6 is 0 Å². The van der Waals surface area contributed by atoms with E-state index in [0.29, 0.717) is 0 Å². The number of aromatic nitrogens is 1. The van der Waals surface area contributed by atoms with Crippen molar-refractivity contribution in [3.05, 3.63) is 24.4 Å². The van der Waals surface area contributed by atoms with Crippen molar-refractivity contribution in [2.75, 3.05) is 0 Å². The molecule has 0 N–H and O–H groups in total. The maximum Gasteiger partial charge on any atom is 0.436 e. The molecule has 0 aromatic carbocycles. The summed E-state index contributed by atoms with van der Waals surface area (Å²) in [6.07, 6.45) is -4.43. The molecule has 0 spiro atoms. The molecular weight excluding hydrogens is 147 g/mol. The summed E-state index contributed by atoms with van der Waals surface area (Å²) >= 11 is 0. The molecule has 0 aliphatic carbocycles. The van der Waals surface area contributed by atoms with Gasteiger partial charge < -0.3 is 4.52 Å². The quantitative estimate of drug-likeness (QED) is 0.564. The van der Waals surface area contributed by atoms with Gasteiger partial charge in [0.15, 0.2) is 5.69 Å². The second kappa shape index (κ2) is 2.00. The molecule has 1 radical (unpaired) electrons. The Morgan fingerprint density at radius 1 is 1.50 bits per heavy atom. The maximum atomic E-state index is 11.7. The molecule has 0 atom stereocenters. The van der Waals surface area contributed by atoms with E-state index in [-0.39, 0.29) is 5.76 Å². The lowest BCUT2D eigenvalue weighted by Gasteiger charge is -1.97. The standard InChI is InChI=1S/C5H3F3NO/c1-3-2-4(9-10-3)5(6,7)8/h2H,1H2. The smallest absolute Gasteiger partial charge is 0.361 e. The van der Waals surface area contributed by atoms with Crippen molar-refractivity contribution in [1.82, 2.24) is 5.16 Å². The van der Waals surface area contributed by atoms with E-state index in [1.165, 1.54) is 0 Å². The molecule has 0 aliphatic heterocycles. The Kier molecular flexibility index (Phi) is 1.42. The molecule has 1 rings (SSSR count). The number of hydrogen-bond donors (Lipinski definition) is 0. The van der Waals surface area contributed by atoms with Crippen LogP contribution in [0, 0.1) is 6.92 Å². The largest absolute Gasteiger partial charge is 0.436 e. The highest BCUT2D eigenvalue weighted by Gasteiger charge is 2.34. The van der Waals surface area contributed by atoms with Crippen LogP contribution in [0.1, 0.15) is 11.5 Å². The highest BCUT2D eigenvalue weighted by Crippen LogP contribution is 2.27. The van der Waals surface area contributed by atoms with Crippen LogP contribution in [0.5, 0.6) is 0 Å². The van der Waals surface area contributed by atoms with Gasteiger partial charge in [0.2, 0.25) is 0 Å². The lowest BCUT2D eigenvalue weighted by molar-refractivity contribution is -0.142. The molecule has 0 saturated heterocycles. The van der Waals surface area contributed by atoms with Gasteiger partial charge in [-0.3, -0.25) is 0 Å². The van der Waals surface area contributed by atoms with E-state index in [1.807, 2.05) is 0 Å². The van der Waals surface area contributed by atoms with E-state index in [2.05, 4.69) is 16.6 Å². The summed E-state index contributed by atoms with van der Waals surface area (Å²) in [5.74, 6) is -0.0904. The zero-order valence-corrected chi connectivity index (χ0v) is 4.77. The summed E-state index contributed by atoms with van der Waals surface area (Å²) in [6, 6.07) is 0.736. The third kappa shape index (κ3) is 1.29. The van der Waals surface area contributed by atoms with Crippen LogP contribution < -0.4 is 0 Å². The molecule has 5 heteroatoms. The molecule has 0 aliphatic rings. The van der Waals surface area contributed by atoms with Crippen molar-refractivity contribution in [1.29, 1.82) is 0 Å². The van der Waals surface area contributed by atoms with E-state index in [9.17, 15) is 13.2 Å². The third-order valence-electron chi connectivity index (χ3n) is 0.849. The number of rotatable bonds is 0. The summed E-state index contributed by atoms with van der Waals surface area (Å²) in [5.41, 5.74) is -1.04. The van der Waals surface area contributed by atoms with E-state index in [4.69, 9.17) is 0 Å². The summed E-state index contributed by atoms with van der Waals surface area (Å²) < 4.78 is 39.1. The minimum atomic E-state index is -4.43. The Labute approximate surface area is 54.6 Å². The van der Waals surface area contributed by atoms with Gasteiger partial charge in [-0.05, 0) is 0 Å². The molecule has 10 heavy (non-hydrogen) atoms. The summed E-state index contributed by atoms with van der Waals surface area (Å²) in [7, 11) is 0. The molecule has 0 fully saturated rings. The molecule has 0 bridgehead atoms. The van der Waals surface area contributed by atoms with E-state index < -0.39 is 11.9 Å². The first kappa shape index (κ1) is 7.11. The van der Waals surface area contributed by atoms with Crippen LogP contribution in [-0.4, -0.2) is 5.16 Å². The molecule has 0 unspecified atom stereocenters. The van der Waals surface area contributed by atoms with E-state index in [1.54, 1.807) is 0 Å². The minimum Gasteiger partial charge on any atom is -0.361 e. The fraction of sp³-hybridized carbons (Fsp3) is 0.200. The molecule has 0 saturated carbocycles. The van der Waals surface area contributed by atoms with Gasteiger partial charge >= 0.3 is 6.18 Å². The lowest BCUT2D eigenvalue weighted by atomic mass is 10.4. The van der Waals surface area contributed by atoms with Crippen molar-refractivity contribution >= 4 is 0 Å². The highest BCUT2D eigenvalue weighted by atomic mass is 19.4. The van der Waals surface area contributed by atoms with E-state index in [0.717, 1.165) is 6.07 Å². The van der Waals surface area contributed by atoms with Crippen molar-refractivity contribution in [2.24, 2.45) is 0 Å². The number of nitrogens with zero attached hydrogens (tertiary/aromatic N) is 1. The molecule has 1 heterocycles. The van der Waals surface area contributed by atoms with Crippen molar-refractivity contribution in [3.8, 4) is 0 Å². The van der Waals surface area contributed by atoms with Crippen LogP contribution in [0.4, 0.5) is 13.2 Å². The van der Waals surface area contributed by atoms with Gasteiger partial charge in [0.1, 0.15) is 5.76 Å². The van der Waals surface area contributed by atoms with Gasteiger partial charge in [0.25, 0.3) is 0 Å². The molecule has 0 amide bonds. The molecule has 2 nitrogen and oxygen atoms in total. The topological polar surface area (TPSA) is 26.0 Å². The van der Waals surface area contributed by atoms with Crippen LogP contribution in [0.2, 0.25) is 0 Å². The van der Waals surface area contributed by atoms with Crippen LogP contribution in [-0.2, 0) is 6.18 Å². The number of alkyl halides is 3. The molecular formula is C5H3F3NO. The fourth-order valence-corrected chi connectivity index (χ4v) is 0.447. The van der Waals surface area contributed by atoms with Crippen LogP contribution in [0.25, 0.3) is 0 Å². The third-order valence-corrected chi connectivity index (χ3v) is 0.849. The monoisotopic (exact) mass is 150 g/mol. The number of hydrogen-bond acceptors (Lipinski definition) is 2. The van der Waals surface area contributed by atoms with Gasteiger partial charge in [0, 0.05) is 13.0 Å². The Balaban J connectivity index is 2.96. The number of halogens is 3. The Morgan fingerprint density at radius 3 is 2.30 bits per heavy atom. The minimum absolute atomic E-state index is 0.0904. The SMILES string of the molecule is [CH2]c1cc(C(F)(F)F)no1. The zero-order valence-electron chi connectivity index (χ0n) is 4.77. The predicted molar refractivity (Wildman–Crippen MR) is 26.0 cm³/mol. The molecule has 1 aromatic heterocycles. The summed E-state index contributed by atoms with van der Waals surface area (Å²) in [5, 5.41) is 2.72. The Morgan fingerprint density at radius 2 is 2.10 bits per heavy atom. The highest BCUT2D eigenvalue weighted by molar-refractivity contribution is 5.10. The average molecular weight is 150 g/mol. The van der Waals surface area contributed by atoms with Gasteiger partial charge in [-0.1, -0.05) is 5.16 Å².